The van der Waals surface area contributed by atoms with Crippen LogP contribution in [0.25, 0.3) is 0 Å². The number of hydrogen-bond donors (Lipinski definition) is 2. The van der Waals surface area contributed by atoms with Crippen molar-refractivity contribution < 1.29 is 24.5 Å². The molecular formula is C24H32N2O5. The molecular weight excluding hydrogens is 396 g/mol. The maximum atomic E-state index is 9.55. The quantitative estimate of drug-likeness (QED) is 0.532. The molecule has 2 aromatic rings. The van der Waals surface area contributed by atoms with E-state index in [1.807, 2.05) is 12.1 Å². The van der Waals surface area contributed by atoms with Gasteiger partial charge in [-0.15, -0.1) is 0 Å². The maximum Gasteiger partial charge on any atom is 0.328 e. The Morgan fingerprint density at radius 2 is 1.26 bits per heavy atom. The zero-order chi connectivity index (χ0) is 23.1. The third kappa shape index (κ3) is 12.3. The molecule has 168 valence electrons. The topological polar surface area (TPSA) is 90.3 Å². The highest BCUT2D eigenvalue weighted by Gasteiger charge is 2.14. The van der Waals surface area contributed by atoms with Gasteiger partial charge in [0.05, 0.1) is 6.61 Å². The maximum absolute atomic E-state index is 9.55. The van der Waals surface area contributed by atoms with Crippen LogP contribution in [0.1, 0.15) is 17.2 Å². The van der Waals surface area contributed by atoms with Gasteiger partial charge in [0.15, 0.2) is 0 Å². The molecule has 7 nitrogen and oxygen atoms in total. The number of rotatable bonds is 11. The van der Waals surface area contributed by atoms with Crippen molar-refractivity contribution in [2.75, 3.05) is 47.4 Å². The average Bonchev–Trinajstić information content (AvgIpc) is 2.75. The Balaban J connectivity index is 0.000000512. The van der Waals surface area contributed by atoms with Crippen LogP contribution in [-0.4, -0.2) is 79.3 Å². The van der Waals surface area contributed by atoms with Crippen LogP contribution in [0.2, 0.25) is 0 Å². The summed E-state index contributed by atoms with van der Waals surface area (Å²) >= 11 is 0. The minimum atomic E-state index is -1.26. The number of nitrogens with zero attached hydrogens (tertiary/aromatic N) is 2. The van der Waals surface area contributed by atoms with Crippen molar-refractivity contribution >= 4 is 11.9 Å². The molecule has 0 fully saturated rings. The van der Waals surface area contributed by atoms with Gasteiger partial charge in [-0.3, -0.25) is 0 Å². The zero-order valence-electron chi connectivity index (χ0n) is 18.3. The van der Waals surface area contributed by atoms with E-state index in [1.54, 1.807) is 0 Å². The van der Waals surface area contributed by atoms with E-state index in [2.05, 4.69) is 79.5 Å². The smallest absolute Gasteiger partial charge is 0.328 e. The highest BCUT2D eigenvalue weighted by atomic mass is 16.5. The summed E-state index contributed by atoms with van der Waals surface area (Å²) in [5, 5.41) is 15.6. The van der Waals surface area contributed by atoms with Crippen molar-refractivity contribution in [3.8, 4) is 0 Å². The molecule has 0 radical (unpaired) electrons. The number of carboxylic acid groups (broad SMARTS) is 2. The van der Waals surface area contributed by atoms with E-state index in [0.717, 1.165) is 26.2 Å². The number of hydrogen-bond acceptors (Lipinski definition) is 5. The Hall–Kier alpha value is -3.00. The van der Waals surface area contributed by atoms with Gasteiger partial charge < -0.3 is 24.7 Å². The second-order valence-electron chi connectivity index (χ2n) is 7.19. The number of carboxylic acids is 2. The molecule has 0 saturated heterocycles. The van der Waals surface area contributed by atoms with E-state index in [9.17, 15) is 9.59 Å². The van der Waals surface area contributed by atoms with E-state index in [-0.39, 0.29) is 6.10 Å². The molecule has 0 spiro atoms. The first kappa shape index (κ1) is 26.0. The Kier molecular flexibility index (Phi) is 12.5. The lowest BCUT2D eigenvalue weighted by Crippen LogP contribution is -2.31. The molecule has 0 bridgehead atoms. The minimum absolute atomic E-state index is 0.000325. The lowest BCUT2D eigenvalue weighted by atomic mass is 10.0. The summed E-state index contributed by atoms with van der Waals surface area (Å²) in [5.74, 6) is -2.51. The first-order valence-corrected chi connectivity index (χ1v) is 9.98. The molecule has 0 aliphatic carbocycles. The summed E-state index contributed by atoms with van der Waals surface area (Å²) < 4.78 is 6.24. The molecule has 2 aromatic carbocycles. The van der Waals surface area contributed by atoms with Gasteiger partial charge in [-0.1, -0.05) is 60.7 Å². The standard InChI is InChI=1S/C20H28N2O.C4H4O4/c1-21(2)14-15-22(3)16-17-23-20(18-10-6-4-7-11-18)19-12-8-5-9-13-19;5-3(6)1-2-4(7)8/h4-13,20H,14-17H2,1-3H3;1-2H,(H,5,6)(H,7,8). The van der Waals surface area contributed by atoms with Crippen molar-refractivity contribution in [2.24, 2.45) is 0 Å². The van der Waals surface area contributed by atoms with Crippen LogP contribution in [0.15, 0.2) is 72.8 Å². The van der Waals surface area contributed by atoms with Crippen molar-refractivity contribution in [2.45, 2.75) is 6.10 Å². The van der Waals surface area contributed by atoms with Crippen LogP contribution in [0, 0.1) is 0 Å². The van der Waals surface area contributed by atoms with Crippen LogP contribution in [0.3, 0.4) is 0 Å². The SMILES string of the molecule is CN(C)CCN(C)CCOC(c1ccccc1)c1ccccc1.O=C(O)C=CC(=O)O. The lowest BCUT2D eigenvalue weighted by Gasteiger charge is -2.22. The van der Waals surface area contributed by atoms with Gasteiger partial charge in [-0.2, -0.15) is 0 Å². The van der Waals surface area contributed by atoms with E-state index >= 15 is 0 Å². The number of ether oxygens (including phenoxy) is 1. The van der Waals surface area contributed by atoms with Gasteiger partial charge in [0.2, 0.25) is 0 Å². The van der Waals surface area contributed by atoms with Crippen molar-refractivity contribution in [1.29, 1.82) is 0 Å². The molecule has 7 heteroatoms. The Morgan fingerprint density at radius 3 is 1.65 bits per heavy atom. The molecule has 0 atom stereocenters. The summed E-state index contributed by atoms with van der Waals surface area (Å²) in [4.78, 5) is 23.6. The highest BCUT2D eigenvalue weighted by Crippen LogP contribution is 2.25. The fourth-order valence-corrected chi connectivity index (χ4v) is 2.59. The summed E-state index contributed by atoms with van der Waals surface area (Å²) in [5.41, 5.74) is 2.41. The lowest BCUT2D eigenvalue weighted by molar-refractivity contribution is -0.134. The predicted octanol–water partition coefficient (Wildman–Crippen LogP) is 3.00. The van der Waals surface area contributed by atoms with Gasteiger partial charge in [-0.25, -0.2) is 9.59 Å². The predicted molar refractivity (Wildman–Crippen MR) is 121 cm³/mol. The van der Waals surface area contributed by atoms with Gasteiger partial charge in [0.25, 0.3) is 0 Å². The Labute approximate surface area is 184 Å². The number of aliphatic carboxylic acids is 2. The van der Waals surface area contributed by atoms with E-state index in [1.165, 1.54) is 11.1 Å². The normalized spacial score (nSPS) is 11.0. The van der Waals surface area contributed by atoms with Gasteiger partial charge in [-0.05, 0) is 32.3 Å². The van der Waals surface area contributed by atoms with Crippen LogP contribution in [0.5, 0.6) is 0 Å². The molecule has 2 rings (SSSR count). The minimum Gasteiger partial charge on any atom is -0.478 e. The van der Waals surface area contributed by atoms with E-state index in [4.69, 9.17) is 14.9 Å². The molecule has 31 heavy (non-hydrogen) atoms. The summed E-state index contributed by atoms with van der Waals surface area (Å²) in [7, 11) is 6.35. The molecule has 0 aliphatic heterocycles. The molecule has 0 heterocycles. The van der Waals surface area contributed by atoms with Gasteiger partial charge in [0, 0.05) is 31.8 Å². The fourth-order valence-electron chi connectivity index (χ4n) is 2.59. The molecule has 0 amide bonds. The molecule has 0 aromatic heterocycles. The van der Waals surface area contributed by atoms with Crippen LogP contribution in [0.4, 0.5) is 0 Å². The monoisotopic (exact) mass is 428 g/mol. The summed E-state index contributed by atoms with van der Waals surface area (Å²) in [6, 6.07) is 20.9. The third-order valence-electron chi connectivity index (χ3n) is 4.26. The highest BCUT2D eigenvalue weighted by molar-refractivity contribution is 5.89. The van der Waals surface area contributed by atoms with Gasteiger partial charge in [0.1, 0.15) is 6.10 Å². The average molecular weight is 429 g/mol. The second kappa shape index (κ2) is 14.9. The summed E-state index contributed by atoms with van der Waals surface area (Å²) in [6.45, 7) is 3.78. The first-order chi connectivity index (χ1) is 14.8. The van der Waals surface area contributed by atoms with Crippen LogP contribution in [-0.2, 0) is 14.3 Å². The second-order valence-corrected chi connectivity index (χ2v) is 7.19. The van der Waals surface area contributed by atoms with Crippen LogP contribution < -0.4 is 0 Å². The summed E-state index contributed by atoms with van der Waals surface area (Å²) in [6.07, 6.45) is 1.12. The largest absolute Gasteiger partial charge is 0.478 e. The Morgan fingerprint density at radius 1 is 0.806 bits per heavy atom. The van der Waals surface area contributed by atoms with Crippen LogP contribution >= 0.6 is 0 Å². The first-order valence-electron chi connectivity index (χ1n) is 9.98. The Bertz CT molecular complexity index is 739. The number of likely N-dealkylation sites (N-methyl/N-ethyl adjacent to an activating group) is 2. The van der Waals surface area contributed by atoms with Crippen molar-refractivity contribution in [3.05, 3.63) is 83.9 Å². The van der Waals surface area contributed by atoms with E-state index < -0.39 is 11.9 Å². The molecule has 0 unspecified atom stereocenters. The number of benzene rings is 2. The molecule has 0 saturated carbocycles. The third-order valence-corrected chi connectivity index (χ3v) is 4.26. The van der Waals surface area contributed by atoms with Crippen molar-refractivity contribution in [1.82, 2.24) is 9.80 Å². The molecule has 2 N–H and O–H groups in total. The zero-order valence-corrected chi connectivity index (χ0v) is 18.3. The van der Waals surface area contributed by atoms with Gasteiger partial charge >= 0.3 is 11.9 Å². The fraction of sp³-hybridized carbons (Fsp3) is 0.333. The molecule has 0 aliphatic rings. The number of carbonyl (C=O) groups is 2. The van der Waals surface area contributed by atoms with E-state index in [0.29, 0.717) is 12.2 Å². The van der Waals surface area contributed by atoms with Crippen molar-refractivity contribution in [3.63, 3.8) is 0 Å².